The van der Waals surface area contributed by atoms with E-state index in [4.69, 9.17) is 5.73 Å². The van der Waals surface area contributed by atoms with Gasteiger partial charge in [-0.3, -0.25) is 0 Å². The summed E-state index contributed by atoms with van der Waals surface area (Å²) in [5, 5.41) is 3.66. The fraction of sp³-hybridized carbons (Fsp3) is 1.00. The highest BCUT2D eigenvalue weighted by atomic mass is 14.9. The van der Waals surface area contributed by atoms with E-state index < -0.39 is 0 Å². The lowest BCUT2D eigenvalue weighted by Crippen LogP contribution is -2.36. The van der Waals surface area contributed by atoms with Gasteiger partial charge >= 0.3 is 0 Å². The van der Waals surface area contributed by atoms with Gasteiger partial charge < -0.3 is 11.1 Å². The van der Waals surface area contributed by atoms with E-state index >= 15 is 0 Å². The molecule has 2 heteroatoms. The third-order valence-electron chi connectivity index (χ3n) is 3.40. The van der Waals surface area contributed by atoms with Crippen molar-refractivity contribution in [3.63, 3.8) is 0 Å². The number of hydrogen-bond donors (Lipinski definition) is 2. The van der Waals surface area contributed by atoms with Crippen LogP contribution in [-0.4, -0.2) is 19.1 Å². The smallest absolute Gasteiger partial charge is 0.0107 e. The maximum atomic E-state index is 5.74. The van der Waals surface area contributed by atoms with Gasteiger partial charge in [0.05, 0.1) is 0 Å². The maximum absolute atomic E-state index is 5.74. The van der Waals surface area contributed by atoms with Crippen molar-refractivity contribution in [2.24, 2.45) is 11.7 Å². The van der Waals surface area contributed by atoms with Crippen molar-refractivity contribution >= 4 is 0 Å². The van der Waals surface area contributed by atoms with Crippen LogP contribution in [0, 0.1) is 5.92 Å². The second-order valence-electron chi connectivity index (χ2n) is 4.55. The molecule has 3 N–H and O–H groups in total. The first-order valence-electron chi connectivity index (χ1n) is 6.32. The Morgan fingerprint density at radius 3 is 2.79 bits per heavy atom. The maximum Gasteiger partial charge on any atom is 0.0107 e. The van der Waals surface area contributed by atoms with Crippen molar-refractivity contribution < 1.29 is 0 Å². The standard InChI is InChI=1S/C12H26N2/c1-2-3-4-5-9-14-12-8-6-7-11(12)10-13/h11-12,14H,2-10,13H2,1H3. The van der Waals surface area contributed by atoms with Crippen LogP contribution in [0.15, 0.2) is 0 Å². The van der Waals surface area contributed by atoms with Crippen LogP contribution in [-0.2, 0) is 0 Å². The number of nitrogens with one attached hydrogen (secondary N) is 1. The molecule has 1 aliphatic rings. The molecule has 0 radical (unpaired) electrons. The van der Waals surface area contributed by atoms with Crippen molar-refractivity contribution in [1.29, 1.82) is 0 Å². The third kappa shape index (κ3) is 3.97. The predicted octanol–water partition coefficient (Wildman–Crippen LogP) is 2.28. The van der Waals surface area contributed by atoms with Gasteiger partial charge in [-0.2, -0.15) is 0 Å². The summed E-state index contributed by atoms with van der Waals surface area (Å²) >= 11 is 0. The summed E-state index contributed by atoms with van der Waals surface area (Å²) in [4.78, 5) is 0. The molecular formula is C12H26N2. The highest BCUT2D eigenvalue weighted by Crippen LogP contribution is 2.24. The summed E-state index contributed by atoms with van der Waals surface area (Å²) in [7, 11) is 0. The van der Waals surface area contributed by atoms with Crippen molar-refractivity contribution in [3.8, 4) is 0 Å². The molecule has 1 fully saturated rings. The molecule has 1 saturated carbocycles. The first-order chi connectivity index (χ1) is 6.88. The Labute approximate surface area is 88.6 Å². The van der Waals surface area contributed by atoms with E-state index in [1.54, 1.807) is 0 Å². The molecule has 2 atom stereocenters. The molecule has 0 heterocycles. The summed E-state index contributed by atoms with van der Waals surface area (Å²) in [5.41, 5.74) is 5.74. The average Bonchev–Trinajstić information content (AvgIpc) is 2.65. The van der Waals surface area contributed by atoms with Crippen molar-refractivity contribution in [3.05, 3.63) is 0 Å². The van der Waals surface area contributed by atoms with E-state index in [-0.39, 0.29) is 0 Å². The van der Waals surface area contributed by atoms with Crippen LogP contribution >= 0.6 is 0 Å². The Balaban J connectivity index is 2.00. The fourth-order valence-corrected chi connectivity index (χ4v) is 2.43. The van der Waals surface area contributed by atoms with Crippen LogP contribution in [0.4, 0.5) is 0 Å². The lowest BCUT2D eigenvalue weighted by molar-refractivity contribution is 0.402. The van der Waals surface area contributed by atoms with Crippen LogP contribution < -0.4 is 11.1 Å². The lowest BCUT2D eigenvalue weighted by atomic mass is 10.0. The minimum absolute atomic E-state index is 0.724. The molecule has 0 saturated heterocycles. The van der Waals surface area contributed by atoms with Gasteiger partial charge in [0.15, 0.2) is 0 Å². The van der Waals surface area contributed by atoms with Crippen molar-refractivity contribution in [1.82, 2.24) is 5.32 Å². The minimum atomic E-state index is 0.724. The van der Waals surface area contributed by atoms with Crippen LogP contribution in [0.1, 0.15) is 51.9 Å². The summed E-state index contributed by atoms with van der Waals surface area (Å²) in [6.45, 7) is 4.32. The monoisotopic (exact) mass is 198 g/mol. The number of hydrogen-bond acceptors (Lipinski definition) is 2. The Morgan fingerprint density at radius 2 is 2.07 bits per heavy atom. The molecule has 2 unspecified atom stereocenters. The molecule has 0 spiro atoms. The molecule has 0 amide bonds. The first-order valence-corrected chi connectivity index (χ1v) is 6.32. The highest BCUT2D eigenvalue weighted by molar-refractivity contribution is 4.83. The Kier molecular flexibility index (Phi) is 6.20. The summed E-state index contributed by atoms with van der Waals surface area (Å²) in [6, 6.07) is 0.724. The molecule has 14 heavy (non-hydrogen) atoms. The van der Waals surface area contributed by atoms with Gasteiger partial charge in [-0.1, -0.05) is 32.6 Å². The molecule has 1 rings (SSSR count). The van der Waals surface area contributed by atoms with Gasteiger partial charge in [0.25, 0.3) is 0 Å². The SMILES string of the molecule is CCCCCCNC1CCCC1CN. The largest absolute Gasteiger partial charge is 0.330 e. The van der Waals surface area contributed by atoms with Crippen molar-refractivity contribution in [2.45, 2.75) is 57.9 Å². The third-order valence-corrected chi connectivity index (χ3v) is 3.40. The van der Waals surface area contributed by atoms with E-state index in [0.29, 0.717) is 0 Å². The van der Waals surface area contributed by atoms with Gasteiger partial charge in [0, 0.05) is 6.04 Å². The second-order valence-corrected chi connectivity index (χ2v) is 4.55. The minimum Gasteiger partial charge on any atom is -0.330 e. The number of nitrogens with two attached hydrogens (primary N) is 1. The van der Waals surface area contributed by atoms with E-state index in [9.17, 15) is 0 Å². The van der Waals surface area contributed by atoms with Crippen LogP contribution in [0.2, 0.25) is 0 Å². The van der Waals surface area contributed by atoms with Gasteiger partial charge in [-0.05, 0) is 38.3 Å². The average molecular weight is 198 g/mol. The van der Waals surface area contributed by atoms with Crippen LogP contribution in [0.5, 0.6) is 0 Å². The molecule has 0 aromatic carbocycles. The molecular weight excluding hydrogens is 172 g/mol. The Hall–Kier alpha value is -0.0800. The van der Waals surface area contributed by atoms with E-state index in [2.05, 4.69) is 12.2 Å². The quantitative estimate of drug-likeness (QED) is 0.616. The normalized spacial score (nSPS) is 27.0. The Morgan fingerprint density at radius 1 is 1.21 bits per heavy atom. The number of rotatable bonds is 7. The summed E-state index contributed by atoms with van der Waals surface area (Å²) < 4.78 is 0. The van der Waals surface area contributed by atoms with Crippen LogP contribution in [0.3, 0.4) is 0 Å². The van der Waals surface area contributed by atoms with Gasteiger partial charge in [0.2, 0.25) is 0 Å². The molecule has 0 bridgehead atoms. The molecule has 0 aliphatic heterocycles. The van der Waals surface area contributed by atoms with Crippen molar-refractivity contribution in [2.75, 3.05) is 13.1 Å². The van der Waals surface area contributed by atoms with Crippen LogP contribution in [0.25, 0.3) is 0 Å². The number of unbranched alkanes of at least 4 members (excludes halogenated alkanes) is 3. The van der Waals surface area contributed by atoms with Gasteiger partial charge in [-0.25, -0.2) is 0 Å². The molecule has 2 nitrogen and oxygen atoms in total. The van der Waals surface area contributed by atoms with Gasteiger partial charge in [-0.15, -0.1) is 0 Å². The zero-order chi connectivity index (χ0) is 10.2. The zero-order valence-electron chi connectivity index (χ0n) is 9.60. The summed E-state index contributed by atoms with van der Waals surface area (Å²) in [6.07, 6.45) is 9.47. The molecule has 0 aromatic rings. The first kappa shape index (κ1) is 12.0. The topological polar surface area (TPSA) is 38.0 Å². The van der Waals surface area contributed by atoms with Gasteiger partial charge in [0.1, 0.15) is 0 Å². The zero-order valence-corrected chi connectivity index (χ0v) is 9.60. The molecule has 84 valence electrons. The highest BCUT2D eigenvalue weighted by Gasteiger charge is 2.24. The predicted molar refractivity (Wildman–Crippen MR) is 62.3 cm³/mol. The van der Waals surface area contributed by atoms with E-state index in [0.717, 1.165) is 18.5 Å². The Bertz CT molecular complexity index is 136. The molecule has 1 aliphatic carbocycles. The van der Waals surface area contributed by atoms with E-state index in [1.165, 1.54) is 51.5 Å². The second kappa shape index (κ2) is 7.24. The fourth-order valence-electron chi connectivity index (χ4n) is 2.43. The molecule has 0 aromatic heterocycles. The van der Waals surface area contributed by atoms with E-state index in [1.807, 2.05) is 0 Å². The lowest BCUT2D eigenvalue weighted by Gasteiger charge is -2.19. The summed E-state index contributed by atoms with van der Waals surface area (Å²) in [5.74, 6) is 0.751.